The third-order valence-electron chi connectivity index (χ3n) is 6.86. The van der Waals surface area contributed by atoms with Gasteiger partial charge in [-0.1, -0.05) is 0 Å². The summed E-state index contributed by atoms with van der Waals surface area (Å²) >= 11 is 1.62. The second kappa shape index (κ2) is 12.0. The van der Waals surface area contributed by atoms with Crippen LogP contribution in [0.4, 0.5) is 16.3 Å². The molecule has 198 valence electrons. The molecule has 3 aliphatic heterocycles. The number of nitrogens with one attached hydrogen (secondary N) is 1. The molecule has 4 heterocycles. The number of thioether (sulfide) groups is 1. The fourth-order valence-electron chi connectivity index (χ4n) is 5.05. The van der Waals surface area contributed by atoms with Crippen molar-refractivity contribution in [3.05, 3.63) is 24.5 Å². The number of alkyl carbamates (subject to hydrolysis) is 1. The van der Waals surface area contributed by atoms with Gasteiger partial charge in [0.2, 0.25) is 0 Å². The lowest BCUT2D eigenvalue weighted by molar-refractivity contribution is -0.136. The summed E-state index contributed by atoms with van der Waals surface area (Å²) in [4.78, 5) is 41.6. The number of ether oxygens (including phenoxy) is 2. The van der Waals surface area contributed by atoms with E-state index in [-0.39, 0.29) is 18.9 Å². The van der Waals surface area contributed by atoms with E-state index in [0.29, 0.717) is 13.1 Å². The Morgan fingerprint density at radius 1 is 1.22 bits per heavy atom. The molecule has 2 atom stereocenters. The average molecular weight is 529 g/mol. The third-order valence-corrected chi connectivity index (χ3v) is 7.90. The standard InChI is InChI=1S/C25H32N6O5S/c32-21(33)5-6-27-25(34)36-22(24-26-7-13-37-24)17-2-1-8-31(15-17)23-19-4-3-18(14-20(19)28-16-29-23)30-9-11-35-12-10-30/h3-4,14,16-17,22H,1-2,5-13,15H2,(H,27,34)(H,32,33). The molecule has 2 fully saturated rings. The van der Waals surface area contributed by atoms with Gasteiger partial charge in [-0.05, 0) is 31.0 Å². The molecule has 0 aliphatic carbocycles. The minimum absolute atomic E-state index is 0.0245. The Labute approximate surface area is 219 Å². The van der Waals surface area contributed by atoms with Crippen LogP contribution < -0.4 is 15.1 Å². The zero-order valence-corrected chi connectivity index (χ0v) is 21.5. The molecule has 5 rings (SSSR count). The largest absolute Gasteiger partial charge is 0.481 e. The van der Waals surface area contributed by atoms with Crippen LogP contribution in [0.3, 0.4) is 0 Å². The lowest BCUT2D eigenvalue weighted by Gasteiger charge is -2.37. The van der Waals surface area contributed by atoms with Crippen molar-refractivity contribution in [1.82, 2.24) is 15.3 Å². The fourth-order valence-corrected chi connectivity index (χ4v) is 6.03. The zero-order valence-electron chi connectivity index (χ0n) is 20.7. The maximum absolute atomic E-state index is 12.5. The summed E-state index contributed by atoms with van der Waals surface area (Å²) < 4.78 is 11.3. The molecule has 11 nitrogen and oxygen atoms in total. The van der Waals surface area contributed by atoms with E-state index in [4.69, 9.17) is 14.6 Å². The number of aliphatic imine (C=N–C) groups is 1. The molecule has 3 aliphatic rings. The number of aromatic nitrogens is 2. The maximum atomic E-state index is 12.5. The predicted octanol–water partition coefficient (Wildman–Crippen LogP) is 2.40. The summed E-state index contributed by atoms with van der Waals surface area (Å²) in [6, 6.07) is 6.34. The Morgan fingerprint density at radius 2 is 2.08 bits per heavy atom. The van der Waals surface area contributed by atoms with Gasteiger partial charge >= 0.3 is 12.1 Å². The highest BCUT2D eigenvalue weighted by Gasteiger charge is 2.35. The van der Waals surface area contributed by atoms with Gasteiger partial charge in [-0.2, -0.15) is 0 Å². The van der Waals surface area contributed by atoms with Crippen molar-refractivity contribution in [2.24, 2.45) is 10.9 Å². The van der Waals surface area contributed by atoms with Gasteiger partial charge in [0.05, 0.1) is 25.2 Å². The average Bonchev–Trinajstić information content (AvgIpc) is 3.46. The van der Waals surface area contributed by atoms with E-state index in [2.05, 4.69) is 48.3 Å². The van der Waals surface area contributed by atoms with Crippen molar-refractivity contribution < 1.29 is 24.2 Å². The molecule has 0 bridgehead atoms. The Balaban J connectivity index is 1.32. The molecule has 2 aromatic rings. The first kappa shape index (κ1) is 25.5. The molecule has 37 heavy (non-hydrogen) atoms. The van der Waals surface area contributed by atoms with Crippen LogP contribution in [0.2, 0.25) is 0 Å². The number of aliphatic carboxylic acids is 1. The van der Waals surface area contributed by atoms with E-state index >= 15 is 0 Å². The second-order valence-corrected chi connectivity index (χ2v) is 10.4. The minimum atomic E-state index is -0.968. The lowest BCUT2D eigenvalue weighted by Crippen LogP contribution is -2.46. The SMILES string of the molecule is O=C(O)CCNC(=O)OC(C1=NCCS1)C1CCCN(c2ncnc3cc(N4CCOCC4)ccc23)C1. The number of rotatable bonds is 8. The molecule has 1 aromatic heterocycles. The van der Waals surface area contributed by atoms with Crippen molar-refractivity contribution in [1.29, 1.82) is 0 Å². The molecule has 1 aromatic carbocycles. The van der Waals surface area contributed by atoms with Gasteiger partial charge in [-0.3, -0.25) is 9.79 Å². The highest BCUT2D eigenvalue weighted by Crippen LogP contribution is 2.33. The van der Waals surface area contributed by atoms with Gasteiger partial charge in [0.25, 0.3) is 0 Å². The molecule has 0 saturated carbocycles. The lowest BCUT2D eigenvalue weighted by atomic mass is 9.92. The summed E-state index contributed by atoms with van der Waals surface area (Å²) in [6.45, 7) is 5.44. The van der Waals surface area contributed by atoms with E-state index in [9.17, 15) is 9.59 Å². The number of anilines is 2. The maximum Gasteiger partial charge on any atom is 0.407 e. The molecule has 0 spiro atoms. The Bertz CT molecular complexity index is 1160. The van der Waals surface area contributed by atoms with Crippen LogP contribution in [-0.2, 0) is 14.3 Å². The van der Waals surface area contributed by atoms with Crippen LogP contribution in [0, 0.1) is 5.92 Å². The Kier molecular flexibility index (Phi) is 8.24. The summed E-state index contributed by atoms with van der Waals surface area (Å²) in [5.74, 6) is 0.827. The highest BCUT2D eigenvalue weighted by molar-refractivity contribution is 8.14. The number of fused-ring (bicyclic) bond motifs is 1. The van der Waals surface area contributed by atoms with Crippen LogP contribution in [-0.4, -0.2) is 96.5 Å². The fraction of sp³-hybridized carbons (Fsp3) is 0.560. The highest BCUT2D eigenvalue weighted by atomic mass is 32.2. The number of hydrogen-bond donors (Lipinski definition) is 2. The van der Waals surface area contributed by atoms with Crippen molar-refractivity contribution in [3.63, 3.8) is 0 Å². The number of nitrogens with zero attached hydrogens (tertiary/aromatic N) is 5. The summed E-state index contributed by atoms with van der Waals surface area (Å²) in [6.07, 6.45) is 2.21. The van der Waals surface area contributed by atoms with Gasteiger partial charge in [0.1, 0.15) is 17.2 Å². The van der Waals surface area contributed by atoms with E-state index < -0.39 is 18.2 Å². The molecular weight excluding hydrogens is 496 g/mol. The van der Waals surface area contributed by atoms with E-state index in [1.807, 2.05) is 0 Å². The summed E-state index contributed by atoms with van der Waals surface area (Å²) in [5.41, 5.74) is 2.04. The van der Waals surface area contributed by atoms with Crippen molar-refractivity contribution >= 4 is 51.3 Å². The van der Waals surface area contributed by atoms with E-state index in [0.717, 1.165) is 78.9 Å². The number of carboxylic acid groups (broad SMARTS) is 1. The predicted molar refractivity (Wildman–Crippen MR) is 143 cm³/mol. The number of piperidine rings is 1. The van der Waals surface area contributed by atoms with Crippen molar-refractivity contribution in [3.8, 4) is 0 Å². The minimum Gasteiger partial charge on any atom is -0.481 e. The van der Waals surface area contributed by atoms with Gasteiger partial charge in [0.15, 0.2) is 6.10 Å². The third kappa shape index (κ3) is 6.24. The monoisotopic (exact) mass is 528 g/mol. The number of morpholine rings is 1. The number of hydrogen-bond acceptors (Lipinski definition) is 10. The molecule has 2 saturated heterocycles. The molecule has 1 amide bonds. The first-order valence-electron chi connectivity index (χ1n) is 12.7. The molecular formula is C25H32N6O5S. The molecule has 0 radical (unpaired) electrons. The Morgan fingerprint density at radius 3 is 2.86 bits per heavy atom. The van der Waals surface area contributed by atoms with Crippen LogP contribution in [0.25, 0.3) is 10.9 Å². The van der Waals surface area contributed by atoms with Crippen LogP contribution in [0.5, 0.6) is 0 Å². The number of carboxylic acids is 1. The first-order valence-corrected chi connectivity index (χ1v) is 13.7. The van der Waals surface area contributed by atoms with Gasteiger partial charge in [0, 0.05) is 62.0 Å². The molecule has 2 N–H and O–H groups in total. The van der Waals surface area contributed by atoms with E-state index in [1.165, 1.54) is 0 Å². The number of carbonyl (C=O) groups is 2. The van der Waals surface area contributed by atoms with Gasteiger partial charge in [-0.25, -0.2) is 14.8 Å². The van der Waals surface area contributed by atoms with Crippen molar-refractivity contribution in [2.45, 2.75) is 25.4 Å². The molecule has 12 heteroatoms. The number of benzene rings is 1. The molecule has 2 unspecified atom stereocenters. The Hall–Kier alpha value is -3.12. The zero-order chi connectivity index (χ0) is 25.6. The van der Waals surface area contributed by atoms with Crippen LogP contribution in [0.15, 0.2) is 29.5 Å². The van der Waals surface area contributed by atoms with Gasteiger partial charge < -0.3 is 29.7 Å². The quantitative estimate of drug-likeness (QED) is 0.527. The number of carbonyl (C=O) groups excluding carboxylic acids is 1. The van der Waals surface area contributed by atoms with Crippen LogP contribution in [0.1, 0.15) is 19.3 Å². The summed E-state index contributed by atoms with van der Waals surface area (Å²) in [5, 5.41) is 13.2. The topological polar surface area (TPSA) is 129 Å². The smallest absolute Gasteiger partial charge is 0.407 e. The van der Waals surface area contributed by atoms with Crippen LogP contribution >= 0.6 is 11.8 Å². The number of amides is 1. The van der Waals surface area contributed by atoms with E-state index in [1.54, 1.807) is 18.1 Å². The normalized spacial score (nSPS) is 21.0. The first-order chi connectivity index (χ1) is 18.1. The van der Waals surface area contributed by atoms with Crippen molar-refractivity contribution in [2.75, 3.05) is 68.0 Å². The second-order valence-electron chi connectivity index (χ2n) is 9.31. The van der Waals surface area contributed by atoms with Gasteiger partial charge in [-0.15, -0.1) is 11.8 Å². The summed E-state index contributed by atoms with van der Waals surface area (Å²) in [7, 11) is 0.